The van der Waals surface area contributed by atoms with E-state index in [2.05, 4.69) is 5.09 Å². The molecule has 33 heavy (non-hydrogen) atoms. The van der Waals surface area contributed by atoms with Crippen molar-refractivity contribution in [2.75, 3.05) is 20.3 Å². The second-order valence-electron chi connectivity index (χ2n) is 9.28. The van der Waals surface area contributed by atoms with Crippen LogP contribution < -0.4 is 5.09 Å². The summed E-state index contributed by atoms with van der Waals surface area (Å²) >= 11 is 0. The van der Waals surface area contributed by atoms with Crippen molar-refractivity contribution in [2.45, 2.75) is 78.6 Å². The molecule has 0 aromatic heterocycles. The van der Waals surface area contributed by atoms with Gasteiger partial charge in [0.2, 0.25) is 5.91 Å². The van der Waals surface area contributed by atoms with Gasteiger partial charge < -0.3 is 14.2 Å². The Kier molecular flexibility index (Phi) is 9.09. The molecule has 1 fully saturated rings. The molecule has 0 saturated heterocycles. The molecule has 0 aliphatic heterocycles. The molecule has 0 unspecified atom stereocenters. The minimum atomic E-state index is -4.03. The molecular weight excluding hydrogens is 459 g/mol. The first-order valence-electron chi connectivity index (χ1n) is 10.5. The molecule has 3 amide bonds. The number of amides is 3. The van der Waals surface area contributed by atoms with Crippen molar-refractivity contribution in [1.82, 2.24) is 9.99 Å². The van der Waals surface area contributed by atoms with Gasteiger partial charge >= 0.3 is 25.9 Å². The molecule has 0 aromatic rings. The molecule has 0 spiro atoms. The summed E-state index contributed by atoms with van der Waals surface area (Å²) in [4.78, 5) is 52.2. The van der Waals surface area contributed by atoms with Gasteiger partial charge in [-0.1, -0.05) is 0 Å². The Morgan fingerprint density at radius 1 is 0.939 bits per heavy atom. The Bertz CT molecular complexity index is 779. The molecule has 1 saturated carbocycles. The number of nitrogens with one attached hydrogen (secondary N) is 1. The fourth-order valence-corrected chi connectivity index (χ4v) is 4.28. The maximum Gasteiger partial charge on any atom is 0.434 e. The maximum atomic E-state index is 13.0. The number of hydrogen-bond acceptors (Lipinski definition) is 10. The zero-order chi connectivity index (χ0) is 25.8. The lowest BCUT2D eigenvalue weighted by Gasteiger charge is -2.33. The Morgan fingerprint density at radius 3 is 1.70 bits per heavy atom. The molecule has 0 heterocycles. The highest BCUT2D eigenvalue weighted by molar-refractivity contribution is 7.52. The first-order valence-corrected chi connectivity index (χ1v) is 12.1. The minimum absolute atomic E-state index is 0.0215. The minimum Gasteiger partial charge on any atom is -0.467 e. The number of esters is 1. The Labute approximate surface area is 194 Å². The lowest BCUT2D eigenvalue weighted by Crippen LogP contribution is -2.56. The highest BCUT2D eigenvalue weighted by Gasteiger charge is 2.73. The Morgan fingerprint density at radius 2 is 1.36 bits per heavy atom. The normalized spacial score (nSPS) is 20.5. The average Bonchev–Trinajstić information content (AvgIpc) is 3.34. The second-order valence-corrected chi connectivity index (χ2v) is 11.0. The van der Waals surface area contributed by atoms with Gasteiger partial charge in [-0.2, -0.15) is 4.90 Å². The number of hydrogen-bond donors (Lipinski definition) is 1. The van der Waals surface area contributed by atoms with Crippen molar-refractivity contribution in [2.24, 2.45) is 5.92 Å². The predicted molar refractivity (Wildman–Crippen MR) is 116 cm³/mol. The van der Waals surface area contributed by atoms with Crippen LogP contribution in [0.1, 0.15) is 61.8 Å². The van der Waals surface area contributed by atoms with Crippen LogP contribution in [0.2, 0.25) is 0 Å². The predicted octanol–water partition coefficient (Wildman–Crippen LogP) is 3.39. The third-order valence-electron chi connectivity index (χ3n) is 4.18. The van der Waals surface area contributed by atoms with Gasteiger partial charge in [0.05, 0.1) is 26.2 Å². The van der Waals surface area contributed by atoms with E-state index in [-0.39, 0.29) is 19.6 Å². The lowest BCUT2D eigenvalue weighted by atomic mass is 10.1. The van der Waals surface area contributed by atoms with Gasteiger partial charge in [0.15, 0.2) is 5.54 Å². The molecule has 0 radical (unpaired) electrons. The van der Waals surface area contributed by atoms with Gasteiger partial charge in [0.25, 0.3) is 0 Å². The topological polar surface area (TPSA) is 147 Å². The summed E-state index contributed by atoms with van der Waals surface area (Å²) in [6.07, 6.45) is -2.70. The molecule has 1 rings (SSSR count). The molecule has 1 aliphatic rings. The van der Waals surface area contributed by atoms with Crippen molar-refractivity contribution in [3.63, 3.8) is 0 Å². The zero-order valence-electron chi connectivity index (χ0n) is 20.7. The molecular formula is C20H35N2O10P. The van der Waals surface area contributed by atoms with Gasteiger partial charge in [-0.15, -0.1) is 0 Å². The van der Waals surface area contributed by atoms with Crippen molar-refractivity contribution >= 4 is 31.8 Å². The maximum absolute atomic E-state index is 13.0. The number of rotatable bonds is 8. The third kappa shape index (κ3) is 7.41. The van der Waals surface area contributed by atoms with Crippen molar-refractivity contribution < 1.29 is 47.0 Å². The molecule has 1 N–H and O–H groups in total. The van der Waals surface area contributed by atoms with E-state index < -0.39 is 54.5 Å². The lowest BCUT2D eigenvalue weighted by molar-refractivity contribution is -0.150. The molecule has 0 bridgehead atoms. The Balaban J connectivity index is 3.41. The van der Waals surface area contributed by atoms with Crippen LogP contribution in [-0.2, 0) is 37.4 Å². The van der Waals surface area contributed by atoms with Crippen LogP contribution in [0.3, 0.4) is 0 Å². The highest BCUT2D eigenvalue weighted by atomic mass is 31.2. The Hall–Kier alpha value is -2.17. The van der Waals surface area contributed by atoms with E-state index in [0.29, 0.717) is 4.90 Å². The van der Waals surface area contributed by atoms with E-state index in [9.17, 15) is 23.7 Å². The number of carbonyl (C=O) groups excluding carboxylic acids is 4. The van der Waals surface area contributed by atoms with Gasteiger partial charge in [-0.3, -0.25) is 18.9 Å². The first kappa shape index (κ1) is 28.9. The second kappa shape index (κ2) is 10.4. The van der Waals surface area contributed by atoms with Crippen molar-refractivity contribution in [3.8, 4) is 0 Å². The summed E-state index contributed by atoms with van der Waals surface area (Å²) in [5.41, 5.74) is -4.12. The monoisotopic (exact) mass is 494 g/mol. The van der Waals surface area contributed by atoms with Crippen LogP contribution >= 0.6 is 7.75 Å². The summed E-state index contributed by atoms with van der Waals surface area (Å²) in [7, 11) is -2.98. The SMILES string of the molecule is CCOP(=O)(NC(=O)[C@@H]1C[C@]1(C(=O)OC)N(C(=O)OC(C)(C)C)C(=O)OC(C)(C)C)OCC. The average molecular weight is 494 g/mol. The number of imide groups is 1. The summed E-state index contributed by atoms with van der Waals surface area (Å²) < 4.78 is 38.3. The van der Waals surface area contributed by atoms with E-state index in [1.165, 1.54) is 0 Å². The number of nitrogens with zero attached hydrogens (tertiary/aromatic N) is 1. The molecule has 12 nitrogen and oxygen atoms in total. The van der Waals surface area contributed by atoms with Gasteiger partial charge in [-0.25, -0.2) is 18.9 Å². The summed E-state index contributed by atoms with van der Waals surface area (Å²) in [6.45, 7) is 12.5. The van der Waals surface area contributed by atoms with E-state index >= 15 is 0 Å². The zero-order valence-corrected chi connectivity index (χ0v) is 21.6. The third-order valence-corrected chi connectivity index (χ3v) is 5.87. The number of methoxy groups -OCH3 is 1. The van der Waals surface area contributed by atoms with E-state index in [1.54, 1.807) is 55.4 Å². The van der Waals surface area contributed by atoms with E-state index in [1.807, 2.05) is 0 Å². The van der Waals surface area contributed by atoms with Gasteiger partial charge in [-0.05, 0) is 61.8 Å². The fraction of sp³-hybridized carbons (Fsp3) is 0.800. The van der Waals surface area contributed by atoms with E-state index in [0.717, 1.165) is 7.11 Å². The van der Waals surface area contributed by atoms with Crippen LogP contribution in [0, 0.1) is 5.92 Å². The summed E-state index contributed by atoms with van der Waals surface area (Å²) in [5, 5.41) is 2.15. The summed E-state index contributed by atoms with van der Waals surface area (Å²) in [5.74, 6) is -3.27. The van der Waals surface area contributed by atoms with Gasteiger partial charge in [0.1, 0.15) is 11.2 Å². The summed E-state index contributed by atoms with van der Waals surface area (Å²) in [6, 6.07) is 0. The van der Waals surface area contributed by atoms with Crippen LogP contribution in [0.5, 0.6) is 0 Å². The standard InChI is InChI=1S/C20H35N2O10P/c1-10-29-33(27,30-11-2)21-14(23)13-12-20(13,15(24)28-9)22(16(25)31-18(3,4)5)17(26)32-19(6,7)8/h13H,10-12H2,1-9H3,(H,21,23,27)/t13-,20-/m0/s1. The van der Waals surface area contributed by atoms with Crippen molar-refractivity contribution in [1.29, 1.82) is 0 Å². The molecule has 2 atom stereocenters. The molecule has 13 heteroatoms. The van der Waals surface area contributed by atoms with Crippen LogP contribution in [0.15, 0.2) is 0 Å². The molecule has 1 aliphatic carbocycles. The fourth-order valence-electron chi connectivity index (χ4n) is 2.97. The quantitative estimate of drug-likeness (QED) is 0.302. The van der Waals surface area contributed by atoms with Crippen LogP contribution in [0.4, 0.5) is 9.59 Å². The van der Waals surface area contributed by atoms with Crippen LogP contribution in [0.25, 0.3) is 0 Å². The van der Waals surface area contributed by atoms with Gasteiger partial charge in [0, 0.05) is 0 Å². The highest BCUT2D eigenvalue weighted by Crippen LogP contribution is 2.53. The first-order chi connectivity index (χ1) is 15.0. The van der Waals surface area contributed by atoms with Crippen LogP contribution in [-0.4, -0.2) is 66.0 Å². The molecule has 0 aromatic carbocycles. The largest absolute Gasteiger partial charge is 0.467 e. The smallest absolute Gasteiger partial charge is 0.434 e. The molecule has 190 valence electrons. The number of carbonyl (C=O) groups is 4. The number of ether oxygens (including phenoxy) is 3. The van der Waals surface area contributed by atoms with Crippen molar-refractivity contribution in [3.05, 3.63) is 0 Å². The van der Waals surface area contributed by atoms with E-state index in [4.69, 9.17) is 23.3 Å².